The molecule has 0 aliphatic carbocycles. The van der Waals surface area contributed by atoms with Crippen LogP contribution in [0.3, 0.4) is 0 Å². The van der Waals surface area contributed by atoms with Gasteiger partial charge in [0.15, 0.2) is 0 Å². The SMILES string of the molecule is CCCCOc1ccc(C(=N)N)c(Cl)c1. The van der Waals surface area contributed by atoms with Crippen molar-refractivity contribution in [2.24, 2.45) is 5.73 Å². The predicted molar refractivity (Wildman–Crippen MR) is 62.9 cm³/mol. The average Bonchev–Trinajstić information content (AvgIpc) is 2.17. The summed E-state index contributed by atoms with van der Waals surface area (Å²) in [5, 5.41) is 7.72. The largest absolute Gasteiger partial charge is 0.494 e. The molecule has 1 rings (SSSR count). The number of hydrogen-bond acceptors (Lipinski definition) is 2. The molecule has 1 aromatic carbocycles. The molecule has 0 aliphatic heterocycles. The zero-order chi connectivity index (χ0) is 11.3. The molecule has 0 atom stereocenters. The minimum absolute atomic E-state index is 0.0277. The zero-order valence-electron chi connectivity index (χ0n) is 8.72. The highest BCUT2D eigenvalue weighted by atomic mass is 35.5. The van der Waals surface area contributed by atoms with E-state index < -0.39 is 0 Å². The Labute approximate surface area is 94.7 Å². The van der Waals surface area contributed by atoms with Crippen molar-refractivity contribution < 1.29 is 4.74 Å². The van der Waals surface area contributed by atoms with Gasteiger partial charge in [-0.15, -0.1) is 0 Å². The Bertz CT molecular complexity index is 352. The summed E-state index contributed by atoms with van der Waals surface area (Å²) in [5.41, 5.74) is 5.89. The number of nitrogens with two attached hydrogens (primary N) is 1. The highest BCUT2D eigenvalue weighted by Gasteiger charge is 2.04. The van der Waals surface area contributed by atoms with Crippen LogP contribution in [0.15, 0.2) is 18.2 Å². The molecule has 15 heavy (non-hydrogen) atoms. The van der Waals surface area contributed by atoms with Crippen molar-refractivity contribution in [3.63, 3.8) is 0 Å². The number of halogens is 1. The van der Waals surface area contributed by atoms with Crippen LogP contribution in [0, 0.1) is 5.41 Å². The normalized spacial score (nSPS) is 10.0. The first-order valence-corrected chi connectivity index (χ1v) is 5.29. The number of unbranched alkanes of at least 4 members (excludes halogenated alkanes) is 1. The van der Waals surface area contributed by atoms with Gasteiger partial charge in [-0.1, -0.05) is 24.9 Å². The van der Waals surface area contributed by atoms with Gasteiger partial charge < -0.3 is 10.5 Å². The molecule has 0 radical (unpaired) electrons. The number of nitrogens with one attached hydrogen (secondary N) is 1. The van der Waals surface area contributed by atoms with Gasteiger partial charge in [-0.25, -0.2) is 0 Å². The fourth-order valence-corrected chi connectivity index (χ4v) is 1.41. The van der Waals surface area contributed by atoms with Crippen molar-refractivity contribution in [1.29, 1.82) is 5.41 Å². The summed E-state index contributed by atoms with van der Waals surface area (Å²) < 4.78 is 5.47. The third-order valence-corrected chi connectivity index (χ3v) is 2.31. The minimum atomic E-state index is -0.0277. The molecule has 0 saturated carbocycles. The van der Waals surface area contributed by atoms with Gasteiger partial charge in [-0.3, -0.25) is 5.41 Å². The van der Waals surface area contributed by atoms with Gasteiger partial charge in [-0.2, -0.15) is 0 Å². The second-order valence-corrected chi connectivity index (χ2v) is 3.66. The average molecular weight is 227 g/mol. The lowest BCUT2D eigenvalue weighted by molar-refractivity contribution is 0.309. The van der Waals surface area contributed by atoms with Crippen LogP contribution in [0.4, 0.5) is 0 Å². The Morgan fingerprint density at radius 3 is 2.80 bits per heavy atom. The Kier molecular flexibility index (Phi) is 4.43. The fourth-order valence-electron chi connectivity index (χ4n) is 1.14. The topological polar surface area (TPSA) is 59.1 Å². The van der Waals surface area contributed by atoms with E-state index in [2.05, 4.69) is 6.92 Å². The summed E-state index contributed by atoms with van der Waals surface area (Å²) in [6.07, 6.45) is 2.12. The van der Waals surface area contributed by atoms with Crippen molar-refractivity contribution in [1.82, 2.24) is 0 Å². The minimum Gasteiger partial charge on any atom is -0.494 e. The maximum absolute atomic E-state index is 7.27. The number of rotatable bonds is 5. The van der Waals surface area contributed by atoms with Crippen LogP contribution < -0.4 is 10.5 Å². The van der Waals surface area contributed by atoms with E-state index >= 15 is 0 Å². The molecular weight excluding hydrogens is 212 g/mol. The van der Waals surface area contributed by atoms with E-state index in [0.717, 1.165) is 18.6 Å². The maximum atomic E-state index is 7.27. The van der Waals surface area contributed by atoms with Gasteiger partial charge in [0.2, 0.25) is 0 Å². The lowest BCUT2D eigenvalue weighted by Gasteiger charge is -2.07. The van der Waals surface area contributed by atoms with E-state index in [9.17, 15) is 0 Å². The fraction of sp³-hybridized carbons (Fsp3) is 0.364. The van der Waals surface area contributed by atoms with E-state index in [1.165, 1.54) is 0 Å². The molecule has 0 bridgehead atoms. The molecule has 1 aromatic rings. The second-order valence-electron chi connectivity index (χ2n) is 3.26. The first-order valence-electron chi connectivity index (χ1n) is 4.92. The van der Waals surface area contributed by atoms with Crippen LogP contribution in [0.25, 0.3) is 0 Å². The predicted octanol–water partition coefficient (Wildman–Crippen LogP) is 2.80. The Balaban J connectivity index is 2.69. The summed E-state index contributed by atoms with van der Waals surface area (Å²) in [6.45, 7) is 2.79. The molecule has 0 unspecified atom stereocenters. The third-order valence-electron chi connectivity index (χ3n) is 2.00. The molecule has 3 N–H and O–H groups in total. The van der Waals surface area contributed by atoms with Crippen LogP contribution >= 0.6 is 11.6 Å². The van der Waals surface area contributed by atoms with E-state index in [1.807, 2.05) is 0 Å². The van der Waals surface area contributed by atoms with E-state index in [4.69, 9.17) is 27.5 Å². The van der Waals surface area contributed by atoms with E-state index in [-0.39, 0.29) is 5.84 Å². The first kappa shape index (κ1) is 11.9. The Morgan fingerprint density at radius 2 is 2.27 bits per heavy atom. The van der Waals surface area contributed by atoms with E-state index in [1.54, 1.807) is 18.2 Å². The van der Waals surface area contributed by atoms with Gasteiger partial charge >= 0.3 is 0 Å². The summed E-state index contributed by atoms with van der Waals surface area (Å²) in [4.78, 5) is 0. The molecule has 0 amide bonds. The molecule has 82 valence electrons. The van der Waals surface area contributed by atoms with Crippen LogP contribution in [0.5, 0.6) is 5.75 Å². The lowest BCUT2D eigenvalue weighted by atomic mass is 10.2. The molecule has 0 aliphatic rings. The maximum Gasteiger partial charge on any atom is 0.124 e. The van der Waals surface area contributed by atoms with Crippen LogP contribution in [0.1, 0.15) is 25.3 Å². The molecule has 0 saturated heterocycles. The summed E-state index contributed by atoms with van der Waals surface area (Å²) in [6, 6.07) is 5.16. The molecule has 0 aromatic heterocycles. The monoisotopic (exact) mass is 226 g/mol. The number of ether oxygens (including phenoxy) is 1. The quantitative estimate of drug-likeness (QED) is 0.461. The molecule has 0 spiro atoms. The van der Waals surface area contributed by atoms with Crippen molar-refractivity contribution in [3.05, 3.63) is 28.8 Å². The summed E-state index contributed by atoms with van der Waals surface area (Å²) in [7, 11) is 0. The molecule has 0 heterocycles. The molecule has 3 nitrogen and oxygen atoms in total. The lowest BCUT2D eigenvalue weighted by Crippen LogP contribution is -2.11. The van der Waals surface area contributed by atoms with Gasteiger partial charge in [-0.05, 0) is 24.6 Å². The number of nitrogen functional groups attached to an aromatic ring is 1. The van der Waals surface area contributed by atoms with Crippen LogP contribution in [-0.4, -0.2) is 12.4 Å². The van der Waals surface area contributed by atoms with Gasteiger partial charge in [0.05, 0.1) is 11.6 Å². The van der Waals surface area contributed by atoms with Crippen molar-refractivity contribution in [3.8, 4) is 5.75 Å². The van der Waals surface area contributed by atoms with Crippen LogP contribution in [0.2, 0.25) is 5.02 Å². The van der Waals surface area contributed by atoms with Gasteiger partial charge in [0.25, 0.3) is 0 Å². The van der Waals surface area contributed by atoms with Gasteiger partial charge in [0, 0.05) is 5.56 Å². The van der Waals surface area contributed by atoms with Crippen molar-refractivity contribution in [2.75, 3.05) is 6.61 Å². The zero-order valence-corrected chi connectivity index (χ0v) is 9.47. The number of amidine groups is 1. The summed E-state index contributed by atoms with van der Waals surface area (Å²) >= 11 is 5.94. The molecule has 0 fully saturated rings. The summed E-state index contributed by atoms with van der Waals surface area (Å²) in [5.74, 6) is 0.693. The Hall–Kier alpha value is -1.22. The third kappa shape index (κ3) is 3.44. The number of benzene rings is 1. The highest BCUT2D eigenvalue weighted by Crippen LogP contribution is 2.22. The first-order chi connectivity index (χ1) is 7.15. The highest BCUT2D eigenvalue weighted by molar-refractivity contribution is 6.34. The number of hydrogen-bond donors (Lipinski definition) is 2. The van der Waals surface area contributed by atoms with Gasteiger partial charge in [0.1, 0.15) is 11.6 Å². The second kappa shape index (κ2) is 5.61. The van der Waals surface area contributed by atoms with Crippen molar-refractivity contribution >= 4 is 17.4 Å². The van der Waals surface area contributed by atoms with Crippen molar-refractivity contribution in [2.45, 2.75) is 19.8 Å². The smallest absolute Gasteiger partial charge is 0.124 e. The standard InChI is InChI=1S/C11H15ClN2O/c1-2-3-6-15-8-4-5-9(11(13)14)10(12)7-8/h4-5,7H,2-3,6H2,1H3,(H3,13,14). The van der Waals surface area contributed by atoms with E-state index in [0.29, 0.717) is 17.2 Å². The molecule has 4 heteroatoms. The Morgan fingerprint density at radius 1 is 1.53 bits per heavy atom. The molecular formula is C11H15ClN2O. The van der Waals surface area contributed by atoms with Crippen LogP contribution in [-0.2, 0) is 0 Å².